The maximum Gasteiger partial charge on any atom is 0.286 e. The van der Waals surface area contributed by atoms with Crippen molar-refractivity contribution in [2.24, 2.45) is 5.92 Å². The standard InChI is InChI=1S/C16H19N3O2/c1-11(2)10-12-5-7-13(8-6-12)15(20)18-19-16(21)14-4-3-9-17-14/h3-9,11,17H,10H2,1-2H3,(H,18,20)(H,19,21). The van der Waals surface area contributed by atoms with Crippen molar-refractivity contribution in [2.75, 3.05) is 0 Å². The Labute approximate surface area is 123 Å². The van der Waals surface area contributed by atoms with E-state index < -0.39 is 0 Å². The van der Waals surface area contributed by atoms with Crippen LogP contribution in [-0.2, 0) is 6.42 Å². The molecular weight excluding hydrogens is 266 g/mol. The van der Waals surface area contributed by atoms with Crippen LogP contribution in [0.25, 0.3) is 0 Å². The van der Waals surface area contributed by atoms with Crippen molar-refractivity contribution in [1.29, 1.82) is 0 Å². The maximum atomic E-state index is 11.9. The smallest absolute Gasteiger partial charge is 0.286 e. The number of carbonyl (C=O) groups is 2. The number of H-pyrrole nitrogens is 1. The molecule has 0 bridgehead atoms. The van der Waals surface area contributed by atoms with Crippen LogP contribution in [0.1, 0.15) is 40.3 Å². The summed E-state index contributed by atoms with van der Waals surface area (Å²) in [4.78, 5) is 26.3. The molecule has 5 heteroatoms. The summed E-state index contributed by atoms with van der Waals surface area (Å²) in [6.45, 7) is 4.30. The van der Waals surface area contributed by atoms with E-state index in [1.54, 1.807) is 30.5 Å². The second kappa shape index (κ2) is 6.74. The first-order valence-electron chi connectivity index (χ1n) is 6.89. The van der Waals surface area contributed by atoms with Gasteiger partial charge in [0, 0.05) is 11.8 Å². The van der Waals surface area contributed by atoms with E-state index in [1.807, 2.05) is 12.1 Å². The van der Waals surface area contributed by atoms with Gasteiger partial charge in [-0.15, -0.1) is 0 Å². The van der Waals surface area contributed by atoms with E-state index in [9.17, 15) is 9.59 Å². The molecule has 0 aliphatic carbocycles. The Morgan fingerprint density at radius 3 is 2.29 bits per heavy atom. The predicted octanol–water partition coefficient (Wildman–Crippen LogP) is 2.29. The molecule has 0 saturated carbocycles. The predicted molar refractivity (Wildman–Crippen MR) is 80.7 cm³/mol. The number of hydrogen-bond donors (Lipinski definition) is 3. The minimum absolute atomic E-state index is 0.342. The van der Waals surface area contributed by atoms with E-state index in [2.05, 4.69) is 29.7 Å². The number of hydrazine groups is 1. The first-order valence-corrected chi connectivity index (χ1v) is 6.89. The van der Waals surface area contributed by atoms with Gasteiger partial charge in [-0.25, -0.2) is 0 Å². The highest BCUT2D eigenvalue weighted by atomic mass is 16.2. The van der Waals surface area contributed by atoms with Gasteiger partial charge in [-0.2, -0.15) is 0 Å². The average Bonchev–Trinajstić information content (AvgIpc) is 2.99. The van der Waals surface area contributed by atoms with Gasteiger partial charge in [0.05, 0.1) is 0 Å². The molecule has 0 aliphatic heterocycles. The fourth-order valence-corrected chi connectivity index (χ4v) is 1.99. The van der Waals surface area contributed by atoms with Gasteiger partial charge >= 0.3 is 0 Å². The van der Waals surface area contributed by atoms with Gasteiger partial charge in [-0.05, 0) is 42.2 Å². The Kier molecular flexibility index (Phi) is 4.77. The van der Waals surface area contributed by atoms with Crippen molar-refractivity contribution < 1.29 is 9.59 Å². The van der Waals surface area contributed by atoms with Gasteiger partial charge in [-0.3, -0.25) is 20.4 Å². The Bertz CT molecular complexity index is 601. The molecule has 0 saturated heterocycles. The van der Waals surface area contributed by atoms with Crippen LogP contribution in [0.5, 0.6) is 0 Å². The lowest BCUT2D eigenvalue weighted by molar-refractivity contribution is 0.0844. The van der Waals surface area contributed by atoms with Crippen LogP contribution in [0.3, 0.4) is 0 Å². The van der Waals surface area contributed by atoms with E-state index in [-0.39, 0.29) is 11.8 Å². The summed E-state index contributed by atoms with van der Waals surface area (Å²) < 4.78 is 0. The quantitative estimate of drug-likeness (QED) is 0.754. The zero-order valence-corrected chi connectivity index (χ0v) is 12.1. The summed E-state index contributed by atoms with van der Waals surface area (Å²) in [6, 6.07) is 10.7. The maximum absolute atomic E-state index is 11.9. The first kappa shape index (κ1) is 14.8. The van der Waals surface area contributed by atoms with Crippen LogP contribution in [0.4, 0.5) is 0 Å². The topological polar surface area (TPSA) is 74.0 Å². The van der Waals surface area contributed by atoms with E-state index >= 15 is 0 Å². The fraction of sp³-hybridized carbons (Fsp3) is 0.250. The first-order chi connectivity index (χ1) is 10.1. The van der Waals surface area contributed by atoms with Crippen molar-refractivity contribution in [3.63, 3.8) is 0 Å². The second-order valence-corrected chi connectivity index (χ2v) is 5.29. The van der Waals surface area contributed by atoms with Crippen molar-refractivity contribution in [3.05, 3.63) is 59.4 Å². The number of aromatic nitrogens is 1. The molecule has 3 N–H and O–H groups in total. The van der Waals surface area contributed by atoms with Crippen molar-refractivity contribution in [2.45, 2.75) is 20.3 Å². The lowest BCUT2D eigenvalue weighted by atomic mass is 10.0. The molecule has 0 unspecified atom stereocenters. The average molecular weight is 285 g/mol. The third kappa shape index (κ3) is 4.21. The van der Waals surface area contributed by atoms with E-state index in [1.165, 1.54) is 5.56 Å². The highest BCUT2D eigenvalue weighted by Crippen LogP contribution is 2.09. The molecule has 0 aliphatic rings. The van der Waals surface area contributed by atoms with Crippen LogP contribution in [-0.4, -0.2) is 16.8 Å². The van der Waals surface area contributed by atoms with Crippen LogP contribution in [0, 0.1) is 5.92 Å². The summed E-state index contributed by atoms with van der Waals surface area (Å²) in [5.41, 5.74) is 6.84. The molecule has 1 aromatic carbocycles. The molecule has 5 nitrogen and oxygen atoms in total. The Morgan fingerprint density at radius 2 is 1.71 bits per heavy atom. The highest BCUT2D eigenvalue weighted by Gasteiger charge is 2.09. The molecule has 0 fully saturated rings. The van der Waals surface area contributed by atoms with Gasteiger partial charge in [-0.1, -0.05) is 26.0 Å². The Balaban J connectivity index is 1.90. The molecule has 110 valence electrons. The van der Waals surface area contributed by atoms with Gasteiger partial charge in [0.15, 0.2) is 0 Å². The van der Waals surface area contributed by atoms with Gasteiger partial charge in [0.25, 0.3) is 11.8 Å². The van der Waals surface area contributed by atoms with Crippen LogP contribution in [0.2, 0.25) is 0 Å². The summed E-state index contributed by atoms with van der Waals surface area (Å²) in [7, 11) is 0. The van der Waals surface area contributed by atoms with Crippen molar-refractivity contribution in [3.8, 4) is 0 Å². The van der Waals surface area contributed by atoms with Gasteiger partial charge in [0.2, 0.25) is 0 Å². The zero-order chi connectivity index (χ0) is 15.2. The summed E-state index contributed by atoms with van der Waals surface area (Å²) in [5, 5.41) is 0. The number of rotatable bonds is 4. The number of amides is 2. The fourth-order valence-electron chi connectivity index (χ4n) is 1.99. The van der Waals surface area contributed by atoms with E-state index in [0.29, 0.717) is 17.2 Å². The molecule has 0 radical (unpaired) electrons. The molecule has 2 aromatic rings. The lowest BCUT2D eigenvalue weighted by Crippen LogP contribution is -2.41. The number of benzene rings is 1. The van der Waals surface area contributed by atoms with E-state index in [4.69, 9.17) is 0 Å². The molecule has 2 rings (SSSR count). The zero-order valence-electron chi connectivity index (χ0n) is 12.1. The lowest BCUT2D eigenvalue weighted by Gasteiger charge is -2.08. The molecular formula is C16H19N3O2. The molecule has 0 atom stereocenters. The number of nitrogens with one attached hydrogen (secondary N) is 3. The number of aromatic amines is 1. The third-order valence-electron chi connectivity index (χ3n) is 2.99. The minimum Gasteiger partial charge on any atom is -0.357 e. The Hall–Kier alpha value is -2.56. The van der Waals surface area contributed by atoms with Gasteiger partial charge < -0.3 is 4.98 Å². The third-order valence-corrected chi connectivity index (χ3v) is 2.99. The van der Waals surface area contributed by atoms with Crippen molar-refractivity contribution >= 4 is 11.8 Å². The monoisotopic (exact) mass is 285 g/mol. The molecule has 2 amide bonds. The van der Waals surface area contributed by atoms with Crippen LogP contribution < -0.4 is 10.9 Å². The number of carbonyl (C=O) groups excluding carboxylic acids is 2. The SMILES string of the molecule is CC(C)Cc1ccc(C(=O)NNC(=O)c2ccc[nH]2)cc1. The number of hydrogen-bond acceptors (Lipinski definition) is 2. The summed E-state index contributed by atoms with van der Waals surface area (Å²) >= 11 is 0. The van der Waals surface area contributed by atoms with Crippen molar-refractivity contribution in [1.82, 2.24) is 15.8 Å². The largest absolute Gasteiger partial charge is 0.357 e. The highest BCUT2D eigenvalue weighted by molar-refractivity contribution is 5.98. The molecule has 21 heavy (non-hydrogen) atoms. The van der Waals surface area contributed by atoms with Crippen LogP contribution in [0.15, 0.2) is 42.6 Å². The molecule has 1 heterocycles. The molecule has 0 spiro atoms. The normalized spacial score (nSPS) is 10.4. The van der Waals surface area contributed by atoms with Crippen LogP contribution >= 0.6 is 0 Å². The summed E-state index contributed by atoms with van der Waals surface area (Å²) in [5.74, 6) is -0.152. The second-order valence-electron chi connectivity index (χ2n) is 5.29. The van der Waals surface area contributed by atoms with Gasteiger partial charge in [0.1, 0.15) is 5.69 Å². The molecule has 1 aromatic heterocycles. The minimum atomic E-state index is -0.384. The Morgan fingerprint density at radius 1 is 1.05 bits per heavy atom. The van der Waals surface area contributed by atoms with E-state index in [0.717, 1.165) is 6.42 Å². The summed E-state index contributed by atoms with van der Waals surface area (Å²) in [6.07, 6.45) is 2.62.